The second-order valence-electron chi connectivity index (χ2n) is 12.8. The van der Waals surface area contributed by atoms with Crippen LogP contribution in [0.4, 0.5) is 0 Å². The molecule has 0 fully saturated rings. The van der Waals surface area contributed by atoms with Gasteiger partial charge >= 0.3 is 0 Å². The molecular formula is C30H62. The van der Waals surface area contributed by atoms with E-state index in [0.717, 1.165) is 82.9 Å². The molecule has 0 amide bonds. The molecule has 0 aromatic carbocycles. The van der Waals surface area contributed by atoms with Gasteiger partial charge in [0, 0.05) is 0 Å². The Labute approximate surface area is 193 Å². The molecule has 0 saturated heterocycles. The molecule has 0 bridgehead atoms. The fourth-order valence-corrected chi connectivity index (χ4v) is 6.00. The van der Waals surface area contributed by atoms with E-state index < -0.39 is 0 Å². The minimum atomic E-state index is 0.770. The summed E-state index contributed by atoms with van der Waals surface area (Å²) in [5.41, 5.74) is 0. The summed E-state index contributed by atoms with van der Waals surface area (Å²) in [4.78, 5) is 0. The lowest BCUT2D eigenvalue weighted by Crippen LogP contribution is -2.36. The summed E-state index contributed by atoms with van der Waals surface area (Å²) >= 11 is 0. The van der Waals surface area contributed by atoms with E-state index in [1.807, 2.05) is 0 Å². The van der Waals surface area contributed by atoms with Gasteiger partial charge in [-0.15, -0.1) is 0 Å². The van der Waals surface area contributed by atoms with Gasteiger partial charge in [0.25, 0.3) is 0 Å². The Morgan fingerprint density at radius 1 is 0.167 bits per heavy atom. The van der Waals surface area contributed by atoms with Crippen LogP contribution in [0.3, 0.4) is 0 Å². The zero-order valence-corrected chi connectivity index (χ0v) is 24.1. The first-order valence-corrected chi connectivity index (χ1v) is 13.6. The maximum Gasteiger partial charge on any atom is -0.0386 e. The van der Waals surface area contributed by atoms with Crippen LogP contribution in [-0.2, 0) is 0 Å². The first kappa shape index (κ1) is 30.0. The van der Waals surface area contributed by atoms with E-state index in [2.05, 4.69) is 111 Å². The highest BCUT2D eigenvalue weighted by Gasteiger charge is 2.36. The van der Waals surface area contributed by atoms with Crippen molar-refractivity contribution in [2.45, 2.75) is 111 Å². The number of hydrogen-bond acceptors (Lipinski definition) is 0. The van der Waals surface area contributed by atoms with Gasteiger partial charge in [0.15, 0.2) is 0 Å². The van der Waals surface area contributed by atoms with Gasteiger partial charge in [0.05, 0.1) is 0 Å². The first-order valence-electron chi connectivity index (χ1n) is 13.6. The zero-order chi connectivity index (χ0) is 24.1. The van der Waals surface area contributed by atoms with E-state index in [-0.39, 0.29) is 0 Å². The molecule has 0 heteroatoms. The van der Waals surface area contributed by atoms with E-state index in [1.165, 1.54) is 0 Å². The van der Waals surface area contributed by atoms with Crippen LogP contribution in [0.5, 0.6) is 0 Å². The normalized spacial score (nSPS) is 25.0. The molecule has 0 saturated carbocycles. The SMILES string of the molecule is CC(C)C(C)C(C)C(C)C(C)C(C)C(C)C(C)C(C)C(C)C(C)C(C)C(C)C(C)C. The van der Waals surface area contributed by atoms with Crippen LogP contribution in [0.2, 0.25) is 0 Å². The van der Waals surface area contributed by atoms with E-state index >= 15 is 0 Å². The summed E-state index contributed by atoms with van der Waals surface area (Å²) in [6.45, 7) is 39.7. The van der Waals surface area contributed by atoms with Crippen LogP contribution in [-0.4, -0.2) is 0 Å². The average Bonchev–Trinajstić information content (AvgIpc) is 2.72. The summed E-state index contributed by atoms with van der Waals surface area (Å²) < 4.78 is 0. The molecule has 0 heterocycles. The van der Waals surface area contributed by atoms with Crippen molar-refractivity contribution in [2.75, 3.05) is 0 Å². The lowest BCUT2D eigenvalue weighted by Gasteiger charge is -2.42. The molecule has 0 radical (unpaired) electrons. The molecule has 12 unspecified atom stereocenters. The van der Waals surface area contributed by atoms with E-state index in [0.29, 0.717) is 0 Å². The molecule has 0 rings (SSSR count). The molecule has 0 aliphatic heterocycles. The third kappa shape index (κ3) is 7.55. The maximum atomic E-state index is 2.54. The van der Waals surface area contributed by atoms with E-state index in [4.69, 9.17) is 0 Å². The first-order chi connectivity index (χ1) is 13.6. The van der Waals surface area contributed by atoms with Crippen LogP contribution in [0.1, 0.15) is 111 Å². The largest absolute Gasteiger partial charge is 0.0625 e. The van der Waals surface area contributed by atoms with Gasteiger partial charge in [0.1, 0.15) is 0 Å². The quantitative estimate of drug-likeness (QED) is 0.277. The molecule has 12 atom stereocenters. The average molecular weight is 423 g/mol. The van der Waals surface area contributed by atoms with Crippen LogP contribution in [0.25, 0.3) is 0 Å². The fourth-order valence-electron chi connectivity index (χ4n) is 6.00. The Kier molecular flexibility index (Phi) is 12.9. The van der Waals surface area contributed by atoms with Crippen LogP contribution < -0.4 is 0 Å². The third-order valence-corrected chi connectivity index (χ3v) is 11.2. The van der Waals surface area contributed by atoms with Crippen LogP contribution in [0.15, 0.2) is 0 Å². The predicted octanol–water partition coefficient (Wildman–Crippen LogP) is 9.93. The highest BCUT2D eigenvalue weighted by molar-refractivity contribution is 4.85. The Bertz CT molecular complexity index is 407. The second kappa shape index (κ2) is 12.9. The summed E-state index contributed by atoms with van der Waals surface area (Å²) in [6.07, 6.45) is 0. The summed E-state index contributed by atoms with van der Waals surface area (Å²) in [6, 6.07) is 0. The third-order valence-electron chi connectivity index (χ3n) is 11.2. The van der Waals surface area contributed by atoms with Crippen molar-refractivity contribution < 1.29 is 0 Å². The minimum absolute atomic E-state index is 0.770. The Morgan fingerprint density at radius 2 is 0.267 bits per heavy atom. The van der Waals surface area contributed by atoms with Gasteiger partial charge in [-0.25, -0.2) is 0 Å². The highest BCUT2D eigenvalue weighted by atomic mass is 14.4. The summed E-state index contributed by atoms with van der Waals surface area (Å²) in [5.74, 6) is 10.9. The smallest absolute Gasteiger partial charge is 0.0386 e. The monoisotopic (exact) mass is 422 g/mol. The molecule has 30 heavy (non-hydrogen) atoms. The molecule has 0 spiro atoms. The summed E-state index contributed by atoms with van der Waals surface area (Å²) in [5, 5.41) is 0. The van der Waals surface area contributed by atoms with Gasteiger partial charge in [0.2, 0.25) is 0 Å². The lowest BCUT2D eigenvalue weighted by atomic mass is 9.63. The van der Waals surface area contributed by atoms with Gasteiger partial charge in [-0.2, -0.15) is 0 Å². The van der Waals surface area contributed by atoms with Gasteiger partial charge in [-0.3, -0.25) is 0 Å². The lowest BCUT2D eigenvalue weighted by molar-refractivity contribution is 0.0618. The predicted molar refractivity (Wildman–Crippen MR) is 140 cm³/mol. The van der Waals surface area contributed by atoms with E-state index in [1.54, 1.807) is 0 Å². The van der Waals surface area contributed by atoms with Crippen molar-refractivity contribution in [1.82, 2.24) is 0 Å². The van der Waals surface area contributed by atoms with Crippen molar-refractivity contribution in [3.05, 3.63) is 0 Å². The van der Waals surface area contributed by atoms with Crippen molar-refractivity contribution in [3.63, 3.8) is 0 Å². The second-order valence-corrected chi connectivity index (χ2v) is 12.8. The topological polar surface area (TPSA) is 0 Å². The minimum Gasteiger partial charge on any atom is -0.0625 e. The molecule has 0 aromatic heterocycles. The standard InChI is InChI=1S/C30H62/c1-17(2)19(5)21(7)23(9)25(11)27(13)29(15)30(16)28(14)26(12)24(10)22(8)20(6)18(3)4/h17-30H,1-16H3. The van der Waals surface area contributed by atoms with Crippen molar-refractivity contribution in [2.24, 2.45) is 82.9 Å². The summed E-state index contributed by atoms with van der Waals surface area (Å²) in [7, 11) is 0. The van der Waals surface area contributed by atoms with Crippen LogP contribution >= 0.6 is 0 Å². The van der Waals surface area contributed by atoms with Crippen molar-refractivity contribution >= 4 is 0 Å². The number of hydrogen-bond donors (Lipinski definition) is 0. The Morgan fingerprint density at radius 3 is 0.367 bits per heavy atom. The Balaban J connectivity index is 5.17. The molecule has 0 aromatic rings. The van der Waals surface area contributed by atoms with Gasteiger partial charge < -0.3 is 0 Å². The van der Waals surface area contributed by atoms with E-state index in [9.17, 15) is 0 Å². The maximum absolute atomic E-state index is 2.54. The van der Waals surface area contributed by atoms with Crippen molar-refractivity contribution in [3.8, 4) is 0 Å². The molecule has 0 N–H and O–H groups in total. The molecule has 0 nitrogen and oxygen atoms in total. The molecule has 0 aliphatic rings. The van der Waals surface area contributed by atoms with Crippen LogP contribution in [0, 0.1) is 82.9 Å². The van der Waals surface area contributed by atoms with Gasteiger partial charge in [-0.1, -0.05) is 111 Å². The molecular weight excluding hydrogens is 360 g/mol. The molecule has 0 aliphatic carbocycles. The highest BCUT2D eigenvalue weighted by Crippen LogP contribution is 2.43. The van der Waals surface area contributed by atoms with Gasteiger partial charge in [-0.05, 0) is 82.9 Å². The number of rotatable bonds is 13. The van der Waals surface area contributed by atoms with Crippen molar-refractivity contribution in [1.29, 1.82) is 0 Å². The Hall–Kier alpha value is 0. The molecule has 182 valence electrons. The zero-order valence-electron chi connectivity index (χ0n) is 24.1. The fraction of sp³-hybridized carbons (Fsp3) is 1.00.